The normalized spacial score (nSPS) is 10.7. The highest BCUT2D eigenvalue weighted by molar-refractivity contribution is 6.30. The van der Waals surface area contributed by atoms with E-state index in [1.165, 1.54) is 0 Å². The molecule has 0 amide bonds. The number of rotatable bonds is 7. The first-order valence-electron chi connectivity index (χ1n) is 8.32. The van der Waals surface area contributed by atoms with Crippen LogP contribution in [0.15, 0.2) is 58.1 Å². The molecule has 3 rings (SSSR count). The van der Waals surface area contributed by atoms with Gasteiger partial charge in [-0.1, -0.05) is 23.7 Å². The van der Waals surface area contributed by atoms with Crippen molar-refractivity contribution in [1.82, 2.24) is 0 Å². The van der Waals surface area contributed by atoms with Crippen LogP contribution in [-0.2, 0) is 6.42 Å². The minimum absolute atomic E-state index is 0.306. The number of hydrogen-bond donors (Lipinski definition) is 2. The van der Waals surface area contributed by atoms with Gasteiger partial charge in [0, 0.05) is 37.0 Å². The summed E-state index contributed by atoms with van der Waals surface area (Å²) in [4.78, 5) is 25.7. The summed E-state index contributed by atoms with van der Waals surface area (Å²) in [6.45, 7) is 0.571. The first kappa shape index (κ1) is 18.0. The van der Waals surface area contributed by atoms with Gasteiger partial charge < -0.3 is 15.5 Å². The van der Waals surface area contributed by atoms with Crippen LogP contribution >= 0.6 is 11.6 Å². The molecule has 0 bridgehead atoms. The molecule has 0 saturated carbocycles. The summed E-state index contributed by atoms with van der Waals surface area (Å²) in [6, 6.07) is 15.2. The maximum absolute atomic E-state index is 11.8. The Morgan fingerprint density at radius 2 is 1.50 bits per heavy atom. The summed E-state index contributed by atoms with van der Waals surface area (Å²) in [5.74, 6) is 0. The molecule has 0 atom stereocenters. The zero-order chi connectivity index (χ0) is 18.7. The SMILES string of the molecule is CN(C)c1ccc(CCNc2c(Nc3ccc(Cl)cc3)c(=O)c2=O)cc1. The molecule has 0 fully saturated rings. The van der Waals surface area contributed by atoms with Gasteiger partial charge >= 0.3 is 0 Å². The van der Waals surface area contributed by atoms with E-state index in [1.807, 2.05) is 19.0 Å². The van der Waals surface area contributed by atoms with Gasteiger partial charge in [0.2, 0.25) is 0 Å². The largest absolute Gasteiger partial charge is 0.380 e. The summed E-state index contributed by atoms with van der Waals surface area (Å²) in [6.07, 6.45) is 0.757. The number of nitrogens with one attached hydrogen (secondary N) is 2. The summed E-state index contributed by atoms with van der Waals surface area (Å²) in [7, 11) is 3.99. The molecule has 3 aromatic carbocycles. The van der Waals surface area contributed by atoms with E-state index in [4.69, 9.17) is 11.6 Å². The average molecular weight is 370 g/mol. The van der Waals surface area contributed by atoms with Crippen molar-refractivity contribution in [3.8, 4) is 0 Å². The lowest BCUT2D eigenvalue weighted by Gasteiger charge is -2.15. The van der Waals surface area contributed by atoms with Gasteiger partial charge in [-0.2, -0.15) is 0 Å². The van der Waals surface area contributed by atoms with E-state index in [1.54, 1.807) is 24.3 Å². The summed E-state index contributed by atoms with van der Waals surface area (Å²) < 4.78 is 0. The van der Waals surface area contributed by atoms with Gasteiger partial charge in [0.1, 0.15) is 11.4 Å². The third-order valence-electron chi connectivity index (χ3n) is 4.19. The van der Waals surface area contributed by atoms with Gasteiger partial charge in [0.15, 0.2) is 0 Å². The van der Waals surface area contributed by atoms with Crippen LogP contribution < -0.4 is 26.4 Å². The molecule has 0 unspecified atom stereocenters. The second-order valence-corrected chi connectivity index (χ2v) is 6.71. The fourth-order valence-electron chi connectivity index (χ4n) is 2.65. The summed E-state index contributed by atoms with van der Waals surface area (Å²) in [5, 5.41) is 6.67. The van der Waals surface area contributed by atoms with Crippen LogP contribution in [0, 0.1) is 0 Å². The number of anilines is 4. The Balaban J connectivity index is 1.62. The van der Waals surface area contributed by atoms with E-state index in [0.29, 0.717) is 28.6 Å². The van der Waals surface area contributed by atoms with Crippen molar-refractivity contribution in [1.29, 1.82) is 0 Å². The Morgan fingerprint density at radius 1 is 0.885 bits per heavy atom. The molecule has 0 saturated heterocycles. The molecule has 0 heterocycles. The Labute approximate surface area is 156 Å². The lowest BCUT2D eigenvalue weighted by molar-refractivity contribution is 1.01. The van der Waals surface area contributed by atoms with E-state index in [0.717, 1.165) is 17.7 Å². The standard InChI is InChI=1S/C20H20ClN3O2/c1-24(2)16-9-3-13(4-10-16)11-12-22-17-18(20(26)19(17)25)23-15-7-5-14(21)6-8-15/h3-10,22-23H,11-12H2,1-2H3. The quantitative estimate of drug-likeness (QED) is 0.625. The predicted octanol–water partition coefficient (Wildman–Crippen LogP) is 3.40. The Kier molecular flexibility index (Phi) is 5.28. The van der Waals surface area contributed by atoms with Crippen molar-refractivity contribution in [2.24, 2.45) is 0 Å². The molecule has 0 aromatic heterocycles. The van der Waals surface area contributed by atoms with E-state index < -0.39 is 10.9 Å². The number of hydrogen-bond acceptors (Lipinski definition) is 5. The van der Waals surface area contributed by atoms with Gasteiger partial charge in [-0.3, -0.25) is 9.59 Å². The lowest BCUT2D eigenvalue weighted by atomic mass is 10.1. The highest BCUT2D eigenvalue weighted by Gasteiger charge is 2.20. The third kappa shape index (κ3) is 3.89. The van der Waals surface area contributed by atoms with Gasteiger partial charge in [-0.25, -0.2) is 0 Å². The average Bonchev–Trinajstić information content (AvgIpc) is 2.65. The molecule has 134 valence electrons. The predicted molar refractivity (Wildman–Crippen MR) is 109 cm³/mol. The second kappa shape index (κ2) is 7.62. The van der Waals surface area contributed by atoms with Crippen LogP contribution in [0.25, 0.3) is 0 Å². The smallest absolute Gasteiger partial charge is 0.253 e. The van der Waals surface area contributed by atoms with Gasteiger partial charge in [0.05, 0.1) is 0 Å². The molecule has 0 aliphatic carbocycles. The van der Waals surface area contributed by atoms with Crippen molar-refractivity contribution in [2.75, 3.05) is 36.2 Å². The second-order valence-electron chi connectivity index (χ2n) is 6.28. The van der Waals surface area contributed by atoms with Gasteiger partial charge in [-0.05, 0) is 48.4 Å². The number of nitrogens with zero attached hydrogens (tertiary/aromatic N) is 1. The van der Waals surface area contributed by atoms with Gasteiger partial charge in [-0.15, -0.1) is 0 Å². The van der Waals surface area contributed by atoms with Crippen molar-refractivity contribution < 1.29 is 0 Å². The Morgan fingerprint density at radius 3 is 2.12 bits per heavy atom. The number of halogens is 1. The Hall–Kier alpha value is -2.79. The van der Waals surface area contributed by atoms with Crippen molar-refractivity contribution in [2.45, 2.75) is 6.42 Å². The summed E-state index contributed by atoms with van der Waals surface area (Å²) in [5.41, 5.74) is 2.67. The minimum Gasteiger partial charge on any atom is -0.380 e. The molecule has 0 aliphatic rings. The first-order chi connectivity index (χ1) is 12.5. The van der Waals surface area contributed by atoms with E-state index >= 15 is 0 Å². The molecule has 0 aliphatic heterocycles. The fourth-order valence-corrected chi connectivity index (χ4v) is 2.78. The molecule has 6 heteroatoms. The molecule has 3 aromatic rings. The van der Waals surface area contributed by atoms with E-state index in [9.17, 15) is 9.59 Å². The molecule has 0 spiro atoms. The molecule has 26 heavy (non-hydrogen) atoms. The molecular formula is C20H20ClN3O2. The van der Waals surface area contributed by atoms with E-state index in [-0.39, 0.29) is 0 Å². The molecule has 2 N–H and O–H groups in total. The minimum atomic E-state index is -0.502. The zero-order valence-corrected chi connectivity index (χ0v) is 15.4. The lowest BCUT2D eigenvalue weighted by Crippen LogP contribution is -2.37. The van der Waals surface area contributed by atoms with Crippen molar-refractivity contribution in [3.05, 3.63) is 79.6 Å². The molecule has 0 radical (unpaired) electrons. The highest BCUT2D eigenvalue weighted by atomic mass is 35.5. The third-order valence-corrected chi connectivity index (χ3v) is 4.44. The highest BCUT2D eigenvalue weighted by Crippen LogP contribution is 2.22. The maximum Gasteiger partial charge on any atom is 0.253 e. The summed E-state index contributed by atoms with van der Waals surface area (Å²) >= 11 is 5.85. The van der Waals surface area contributed by atoms with Crippen LogP contribution in [0.5, 0.6) is 0 Å². The van der Waals surface area contributed by atoms with Gasteiger partial charge in [0.25, 0.3) is 10.9 Å². The maximum atomic E-state index is 11.8. The van der Waals surface area contributed by atoms with E-state index in [2.05, 4.69) is 34.9 Å². The number of benzene rings is 2. The van der Waals surface area contributed by atoms with Crippen LogP contribution in [0.2, 0.25) is 5.02 Å². The fraction of sp³-hybridized carbons (Fsp3) is 0.200. The first-order valence-corrected chi connectivity index (χ1v) is 8.69. The monoisotopic (exact) mass is 369 g/mol. The van der Waals surface area contributed by atoms with Crippen LogP contribution in [0.1, 0.15) is 5.56 Å². The van der Waals surface area contributed by atoms with Crippen molar-refractivity contribution >= 4 is 34.4 Å². The van der Waals surface area contributed by atoms with Crippen LogP contribution in [0.3, 0.4) is 0 Å². The van der Waals surface area contributed by atoms with Crippen molar-refractivity contribution in [3.63, 3.8) is 0 Å². The zero-order valence-electron chi connectivity index (χ0n) is 14.7. The topological polar surface area (TPSA) is 61.4 Å². The Bertz CT molecular complexity index is 956. The molecule has 5 nitrogen and oxygen atoms in total. The van der Waals surface area contributed by atoms with Crippen LogP contribution in [0.4, 0.5) is 22.7 Å². The van der Waals surface area contributed by atoms with Crippen LogP contribution in [-0.4, -0.2) is 20.6 Å². The molecular weight excluding hydrogens is 350 g/mol.